The number of hydrazine groups is 1. The second-order valence-electron chi connectivity index (χ2n) is 4.08. The molecule has 8 heteroatoms. The second kappa shape index (κ2) is 7.19. The molecule has 2 aromatic rings. The molecule has 0 bridgehead atoms. The number of thiophene rings is 1. The van der Waals surface area contributed by atoms with Gasteiger partial charge in [0.2, 0.25) is 0 Å². The van der Waals surface area contributed by atoms with Crippen molar-refractivity contribution in [2.75, 3.05) is 7.11 Å². The molecular weight excluding hydrogens is 372 g/mol. The van der Waals surface area contributed by atoms with Crippen LogP contribution < -0.4 is 10.9 Å². The fourth-order valence-corrected chi connectivity index (χ4v) is 2.84. The van der Waals surface area contributed by atoms with E-state index in [1.165, 1.54) is 42.7 Å². The van der Waals surface area contributed by atoms with E-state index in [4.69, 9.17) is 0 Å². The number of ether oxygens (including phenoxy) is 1. The lowest BCUT2D eigenvalue weighted by Gasteiger charge is -2.06. The predicted molar refractivity (Wildman–Crippen MR) is 84.7 cm³/mol. The van der Waals surface area contributed by atoms with Gasteiger partial charge in [-0.15, -0.1) is 11.3 Å². The Kier molecular flexibility index (Phi) is 5.29. The molecule has 0 atom stereocenters. The summed E-state index contributed by atoms with van der Waals surface area (Å²) in [7, 11) is 1.28. The van der Waals surface area contributed by atoms with Crippen molar-refractivity contribution < 1.29 is 19.1 Å². The van der Waals surface area contributed by atoms with E-state index >= 15 is 0 Å². The van der Waals surface area contributed by atoms with Gasteiger partial charge in [0.05, 0.1) is 21.3 Å². The van der Waals surface area contributed by atoms with E-state index in [1.54, 1.807) is 12.1 Å². The van der Waals surface area contributed by atoms with Crippen molar-refractivity contribution in [3.05, 3.63) is 56.2 Å². The van der Waals surface area contributed by atoms with Gasteiger partial charge in [0.1, 0.15) is 0 Å². The summed E-state index contributed by atoms with van der Waals surface area (Å²) < 4.78 is 5.39. The highest BCUT2D eigenvalue weighted by atomic mass is 79.9. The quantitative estimate of drug-likeness (QED) is 0.630. The molecule has 0 saturated heterocycles. The summed E-state index contributed by atoms with van der Waals surface area (Å²) in [6, 6.07) is 9.26. The van der Waals surface area contributed by atoms with E-state index in [2.05, 4.69) is 31.5 Å². The number of esters is 1. The van der Waals surface area contributed by atoms with Crippen LogP contribution in [0.2, 0.25) is 0 Å². The van der Waals surface area contributed by atoms with Crippen molar-refractivity contribution in [2.24, 2.45) is 0 Å². The van der Waals surface area contributed by atoms with Crippen LogP contribution in [-0.2, 0) is 4.74 Å². The molecule has 0 aliphatic heterocycles. The summed E-state index contributed by atoms with van der Waals surface area (Å²) in [5, 5.41) is 0. The molecule has 0 radical (unpaired) electrons. The van der Waals surface area contributed by atoms with E-state index < -0.39 is 17.8 Å². The summed E-state index contributed by atoms with van der Waals surface area (Å²) in [5.41, 5.74) is 5.27. The van der Waals surface area contributed by atoms with Gasteiger partial charge in [-0.25, -0.2) is 4.79 Å². The summed E-state index contributed by atoms with van der Waals surface area (Å²) in [6.45, 7) is 0. The van der Waals surface area contributed by atoms with Gasteiger partial charge in [-0.2, -0.15) is 0 Å². The lowest BCUT2D eigenvalue weighted by Crippen LogP contribution is -2.41. The largest absolute Gasteiger partial charge is 0.465 e. The summed E-state index contributed by atoms with van der Waals surface area (Å²) in [5.74, 6) is -1.38. The van der Waals surface area contributed by atoms with Gasteiger partial charge in [0.25, 0.3) is 11.8 Å². The highest BCUT2D eigenvalue weighted by molar-refractivity contribution is 9.11. The van der Waals surface area contributed by atoms with Crippen molar-refractivity contribution in [3.63, 3.8) is 0 Å². The number of hydrogen-bond acceptors (Lipinski definition) is 5. The molecular formula is C14H11BrN2O4S. The Hall–Kier alpha value is -2.19. The smallest absolute Gasteiger partial charge is 0.337 e. The van der Waals surface area contributed by atoms with E-state index in [0.29, 0.717) is 16.0 Å². The van der Waals surface area contributed by atoms with Gasteiger partial charge in [-0.3, -0.25) is 20.4 Å². The molecule has 6 nitrogen and oxygen atoms in total. The molecule has 0 aliphatic carbocycles. The second-order valence-corrected chi connectivity index (χ2v) is 6.54. The monoisotopic (exact) mass is 382 g/mol. The molecule has 2 rings (SSSR count). The van der Waals surface area contributed by atoms with Crippen LogP contribution in [-0.4, -0.2) is 24.9 Å². The highest BCUT2D eigenvalue weighted by Crippen LogP contribution is 2.21. The minimum absolute atomic E-state index is 0.306. The summed E-state index contributed by atoms with van der Waals surface area (Å²) in [6.07, 6.45) is 0. The third-order valence-corrected chi connectivity index (χ3v) is 4.28. The number of halogens is 1. The fourth-order valence-electron chi connectivity index (χ4n) is 1.56. The number of benzene rings is 1. The molecule has 0 saturated carbocycles. The maximum absolute atomic E-state index is 11.9. The van der Waals surface area contributed by atoms with Crippen LogP contribution in [0.3, 0.4) is 0 Å². The minimum atomic E-state index is -0.486. The van der Waals surface area contributed by atoms with E-state index in [-0.39, 0.29) is 0 Å². The number of methoxy groups -OCH3 is 1. The van der Waals surface area contributed by atoms with Crippen LogP contribution in [0, 0.1) is 0 Å². The standard InChI is InChI=1S/C14H11BrN2O4S/c1-21-14(20)9-4-2-8(3-5-9)12(18)16-17-13(19)10-6-7-11(15)22-10/h2-7H,1H3,(H,16,18)(H,17,19). The third-order valence-electron chi connectivity index (χ3n) is 2.65. The number of carbonyl (C=O) groups is 3. The number of nitrogens with one attached hydrogen (secondary N) is 2. The van der Waals surface area contributed by atoms with Crippen LogP contribution in [0.25, 0.3) is 0 Å². The Balaban J connectivity index is 1.94. The lowest BCUT2D eigenvalue weighted by atomic mass is 10.1. The first-order valence-corrected chi connectivity index (χ1v) is 7.66. The molecule has 1 aromatic carbocycles. The molecule has 0 spiro atoms. The normalized spacial score (nSPS) is 9.91. The molecule has 22 heavy (non-hydrogen) atoms. The Morgan fingerprint density at radius 1 is 0.955 bits per heavy atom. The highest BCUT2D eigenvalue weighted by Gasteiger charge is 2.12. The first kappa shape index (κ1) is 16.2. The molecule has 0 unspecified atom stereocenters. The summed E-state index contributed by atoms with van der Waals surface area (Å²) >= 11 is 4.51. The van der Waals surface area contributed by atoms with E-state index in [9.17, 15) is 14.4 Å². The van der Waals surface area contributed by atoms with Crippen LogP contribution in [0.5, 0.6) is 0 Å². The first-order valence-electron chi connectivity index (χ1n) is 6.05. The maximum atomic E-state index is 11.9. The van der Waals surface area contributed by atoms with Gasteiger partial charge in [0.15, 0.2) is 0 Å². The van der Waals surface area contributed by atoms with Crippen molar-refractivity contribution in [3.8, 4) is 0 Å². The van der Waals surface area contributed by atoms with Gasteiger partial charge >= 0.3 is 5.97 Å². The van der Waals surface area contributed by atoms with Crippen molar-refractivity contribution in [2.45, 2.75) is 0 Å². The van der Waals surface area contributed by atoms with Gasteiger partial charge < -0.3 is 4.74 Å². The van der Waals surface area contributed by atoms with Crippen molar-refractivity contribution >= 4 is 45.1 Å². The molecule has 0 aliphatic rings. The van der Waals surface area contributed by atoms with Crippen molar-refractivity contribution in [1.82, 2.24) is 10.9 Å². The summed E-state index contributed by atoms with van der Waals surface area (Å²) in [4.78, 5) is 35.4. The average molecular weight is 383 g/mol. The Bertz CT molecular complexity index is 712. The maximum Gasteiger partial charge on any atom is 0.337 e. The number of amides is 2. The Morgan fingerprint density at radius 2 is 1.55 bits per heavy atom. The predicted octanol–water partition coefficient (Wildman–Crippen LogP) is 2.37. The Labute approximate surface area is 138 Å². The Morgan fingerprint density at radius 3 is 2.09 bits per heavy atom. The minimum Gasteiger partial charge on any atom is -0.465 e. The van der Waals surface area contributed by atoms with Gasteiger partial charge in [-0.05, 0) is 52.3 Å². The van der Waals surface area contributed by atoms with Crippen molar-refractivity contribution in [1.29, 1.82) is 0 Å². The average Bonchev–Trinajstić information content (AvgIpc) is 2.98. The number of hydrogen-bond donors (Lipinski definition) is 2. The van der Waals surface area contributed by atoms with Gasteiger partial charge in [0, 0.05) is 5.56 Å². The molecule has 0 fully saturated rings. The SMILES string of the molecule is COC(=O)c1ccc(C(=O)NNC(=O)c2ccc(Br)s2)cc1. The van der Waals surface area contributed by atoms with Crippen LogP contribution in [0.15, 0.2) is 40.2 Å². The molecule has 114 valence electrons. The fraction of sp³-hybridized carbons (Fsp3) is 0.0714. The van der Waals surface area contributed by atoms with E-state index in [0.717, 1.165) is 3.79 Å². The van der Waals surface area contributed by atoms with Crippen LogP contribution >= 0.6 is 27.3 Å². The molecule has 2 amide bonds. The zero-order valence-corrected chi connectivity index (χ0v) is 13.8. The van der Waals surface area contributed by atoms with Crippen LogP contribution in [0.4, 0.5) is 0 Å². The number of rotatable bonds is 3. The van der Waals surface area contributed by atoms with Gasteiger partial charge in [-0.1, -0.05) is 0 Å². The zero-order chi connectivity index (χ0) is 16.1. The van der Waals surface area contributed by atoms with E-state index in [1.807, 2.05) is 0 Å². The number of carbonyl (C=O) groups excluding carboxylic acids is 3. The third kappa shape index (κ3) is 3.92. The van der Waals surface area contributed by atoms with Crippen LogP contribution in [0.1, 0.15) is 30.4 Å². The zero-order valence-electron chi connectivity index (χ0n) is 11.4. The topological polar surface area (TPSA) is 84.5 Å². The molecule has 2 N–H and O–H groups in total. The lowest BCUT2D eigenvalue weighted by molar-refractivity contribution is 0.0600. The molecule has 1 heterocycles. The first-order chi connectivity index (χ1) is 10.5. The molecule has 1 aromatic heterocycles.